The van der Waals surface area contributed by atoms with Gasteiger partial charge in [0.15, 0.2) is 0 Å². The maximum Gasteiger partial charge on any atom is 0.349 e. The number of rotatable bonds is 4. The largest absolute Gasteiger partial charge is 0.349 e. The Labute approximate surface area is 347 Å². The van der Waals surface area contributed by atoms with Crippen molar-refractivity contribution < 1.29 is 18.1 Å². The molecule has 0 atom stereocenters. The lowest BCUT2D eigenvalue weighted by atomic mass is 10.0. The number of fused-ring (bicyclic) bond motifs is 12. The molecular formula is C48H30N14+4. The summed E-state index contributed by atoms with van der Waals surface area (Å²) in [5.41, 5.74) is 14.0. The molecule has 0 unspecified atom stereocenters. The molecule has 14 nitrogen and oxygen atoms in total. The number of aromatic amines is 4. The molecule has 11 heterocycles. The maximum atomic E-state index is 5.12. The molecule has 0 radical (unpaired) electrons. The highest BCUT2D eigenvalue weighted by atomic mass is 15.3. The van der Waals surface area contributed by atoms with Crippen molar-refractivity contribution in [1.82, 2.24) is 49.1 Å². The van der Waals surface area contributed by atoms with E-state index in [-0.39, 0.29) is 0 Å². The smallest absolute Gasteiger partial charge is 0.305 e. The van der Waals surface area contributed by atoms with Crippen LogP contribution >= 0.6 is 0 Å². The lowest BCUT2D eigenvalue weighted by Gasteiger charge is -2.12. The molecule has 0 aliphatic rings. The van der Waals surface area contributed by atoms with Crippen LogP contribution in [0.1, 0.15) is 0 Å². The zero-order chi connectivity index (χ0) is 40.2. The Kier molecular flexibility index (Phi) is 5.85. The second kappa shape index (κ2) is 11.4. The van der Waals surface area contributed by atoms with Crippen molar-refractivity contribution in [2.75, 3.05) is 0 Å². The van der Waals surface area contributed by atoms with Crippen molar-refractivity contribution >= 4 is 77.2 Å². The fraction of sp³-hybridized carbons (Fsp3) is 0. The number of nitrogens with zero attached hydrogens (tertiary/aromatic N) is 10. The Morgan fingerprint density at radius 1 is 0.419 bits per heavy atom. The predicted molar refractivity (Wildman–Crippen MR) is 233 cm³/mol. The van der Waals surface area contributed by atoms with Gasteiger partial charge in [-0.15, -0.1) is 18.1 Å². The minimum absolute atomic E-state index is 0.783. The van der Waals surface area contributed by atoms with Crippen LogP contribution < -0.4 is 18.1 Å². The monoisotopic (exact) mass is 802 g/mol. The van der Waals surface area contributed by atoms with Crippen molar-refractivity contribution in [2.45, 2.75) is 0 Å². The summed E-state index contributed by atoms with van der Waals surface area (Å²) < 4.78 is 12.6. The van der Waals surface area contributed by atoms with E-state index < -0.39 is 0 Å². The Morgan fingerprint density at radius 3 is 1.34 bits per heavy atom. The van der Waals surface area contributed by atoms with Gasteiger partial charge in [0.05, 0.1) is 44.2 Å². The van der Waals surface area contributed by atoms with Crippen molar-refractivity contribution in [3.63, 3.8) is 0 Å². The second-order valence-electron chi connectivity index (χ2n) is 15.9. The van der Waals surface area contributed by atoms with E-state index in [1.165, 1.54) is 0 Å². The second-order valence-corrected chi connectivity index (χ2v) is 15.9. The third kappa shape index (κ3) is 4.16. The lowest BCUT2D eigenvalue weighted by Crippen LogP contribution is -2.21. The predicted octanol–water partition coefficient (Wildman–Crippen LogP) is 6.76. The minimum Gasteiger partial charge on any atom is -0.305 e. The number of hydrogen-bond acceptors (Lipinski definition) is 4. The molecule has 288 valence electrons. The van der Waals surface area contributed by atoms with Crippen LogP contribution in [-0.2, 0) is 0 Å². The minimum atomic E-state index is 0.783. The van der Waals surface area contributed by atoms with Gasteiger partial charge in [-0.1, -0.05) is 24.3 Å². The molecule has 4 aromatic carbocycles. The Bertz CT molecular complexity index is 3950. The summed E-state index contributed by atoms with van der Waals surface area (Å²) in [5, 5.41) is 21.4. The molecular weight excluding hydrogens is 773 g/mol. The zero-order valence-corrected chi connectivity index (χ0v) is 32.5. The van der Waals surface area contributed by atoms with E-state index in [1.807, 2.05) is 116 Å². The van der Waals surface area contributed by atoms with Gasteiger partial charge in [0.25, 0.3) is 23.3 Å². The molecule has 15 aromatic rings. The summed E-state index contributed by atoms with van der Waals surface area (Å²) in [6.07, 6.45) is 7.91. The molecule has 0 bridgehead atoms. The average molecular weight is 803 g/mol. The number of benzene rings is 4. The Balaban J connectivity index is 1.10. The van der Waals surface area contributed by atoms with Crippen molar-refractivity contribution in [1.29, 1.82) is 0 Å². The molecule has 0 saturated heterocycles. The quantitative estimate of drug-likeness (QED) is 0.115. The summed E-state index contributed by atoms with van der Waals surface area (Å²) in [7, 11) is 0. The van der Waals surface area contributed by atoms with Crippen LogP contribution in [0.2, 0.25) is 0 Å². The van der Waals surface area contributed by atoms with E-state index in [1.54, 1.807) is 0 Å². The first-order chi connectivity index (χ1) is 30.7. The van der Waals surface area contributed by atoms with Crippen molar-refractivity contribution in [2.24, 2.45) is 0 Å². The summed E-state index contributed by atoms with van der Waals surface area (Å²) in [6.45, 7) is 0. The van der Waals surface area contributed by atoms with Crippen LogP contribution in [0.25, 0.3) is 123 Å². The molecule has 0 amide bonds. The Hall–Kier alpha value is -9.04. The van der Waals surface area contributed by atoms with E-state index in [4.69, 9.17) is 20.2 Å². The standard InChI is InChI=1S/C48H26N14/c1-5-21-57-37(9-1)49-45(53-57)27-13-17-33-31(25-27)41-29(47-51-39-11-3-7-23-59(39)55-47)15-19-35-43(41)61(33)36-20-16-30(48-52-40-12-4-8-24-60(40)56-48)42-32-26-28(14-18-34(32)62(35)44(36)42)46-50-38-10-2-6-22-58(38)54-46/h1-26H/p+4. The van der Waals surface area contributed by atoms with E-state index in [0.717, 1.165) is 123 Å². The first kappa shape index (κ1) is 31.9. The van der Waals surface area contributed by atoms with Crippen LogP contribution in [0.3, 0.4) is 0 Å². The molecule has 0 fully saturated rings. The van der Waals surface area contributed by atoms with Gasteiger partial charge >= 0.3 is 22.6 Å². The first-order valence-electron chi connectivity index (χ1n) is 20.4. The molecule has 14 heteroatoms. The van der Waals surface area contributed by atoms with Gasteiger partial charge in [-0.2, -0.15) is 10.2 Å². The fourth-order valence-corrected chi connectivity index (χ4v) is 9.81. The normalized spacial score (nSPS) is 12.5. The number of hydrogen-bond donors (Lipinski definition) is 4. The first-order valence-corrected chi connectivity index (χ1v) is 20.4. The summed E-state index contributed by atoms with van der Waals surface area (Å²) in [6, 6.07) is 46.4. The van der Waals surface area contributed by atoms with Gasteiger partial charge in [0, 0.05) is 56.9 Å². The highest BCUT2D eigenvalue weighted by Gasteiger charge is 2.29. The third-order valence-electron chi connectivity index (χ3n) is 12.5. The van der Waals surface area contributed by atoms with E-state index in [9.17, 15) is 0 Å². The molecule has 0 spiro atoms. The molecule has 4 N–H and O–H groups in total. The average Bonchev–Trinajstić information content (AvgIpc) is 4.18. The number of aromatic nitrogens is 14. The van der Waals surface area contributed by atoms with Crippen LogP contribution in [0.15, 0.2) is 158 Å². The van der Waals surface area contributed by atoms with Crippen molar-refractivity contribution in [3.8, 4) is 45.6 Å². The third-order valence-corrected chi connectivity index (χ3v) is 12.5. The van der Waals surface area contributed by atoms with Gasteiger partial charge < -0.3 is 8.80 Å². The van der Waals surface area contributed by atoms with Crippen LogP contribution in [-0.4, -0.2) is 49.1 Å². The summed E-state index contributed by atoms with van der Waals surface area (Å²) in [4.78, 5) is 17.3. The van der Waals surface area contributed by atoms with Gasteiger partial charge in [-0.25, -0.2) is 9.97 Å². The highest BCUT2D eigenvalue weighted by Crippen LogP contribution is 2.46. The fourth-order valence-electron chi connectivity index (χ4n) is 9.81. The Morgan fingerprint density at radius 2 is 0.871 bits per heavy atom. The SMILES string of the molecule is c1cc[n+]2nc(-c3ccc4c(c3)c3c(-c5nc6cccc[n+]6[nH]5)ccc5c3n4c3ccc(-c4nc6cccc[n+]6[nH]4)c4c6cc(-c7n[n+]8ccccc8[nH]7)ccc6n5c43)[nH]c2c1. The van der Waals surface area contributed by atoms with Gasteiger partial charge in [-0.05, 0) is 105 Å². The van der Waals surface area contributed by atoms with Crippen molar-refractivity contribution in [3.05, 3.63) is 158 Å². The van der Waals surface area contributed by atoms with E-state index >= 15 is 0 Å². The van der Waals surface area contributed by atoms with Gasteiger partial charge in [-0.3, -0.25) is 0 Å². The number of nitrogens with one attached hydrogen (secondary N) is 4. The highest BCUT2D eigenvalue weighted by molar-refractivity contribution is 6.26. The zero-order valence-electron chi connectivity index (χ0n) is 32.5. The molecule has 15 rings (SSSR count). The molecule has 11 aromatic heterocycles. The number of H-pyrrole nitrogens is 4. The molecule has 0 aliphatic heterocycles. The van der Waals surface area contributed by atoms with E-state index in [0.29, 0.717) is 0 Å². The summed E-state index contributed by atoms with van der Waals surface area (Å²) >= 11 is 0. The van der Waals surface area contributed by atoms with Gasteiger partial charge in [0.2, 0.25) is 0 Å². The van der Waals surface area contributed by atoms with Crippen LogP contribution in [0.5, 0.6) is 0 Å². The topological polar surface area (TPSA) is 140 Å². The maximum absolute atomic E-state index is 5.12. The lowest BCUT2D eigenvalue weighted by molar-refractivity contribution is -0.576. The van der Waals surface area contributed by atoms with E-state index in [2.05, 4.69) is 89.6 Å². The number of pyridine rings is 4. The van der Waals surface area contributed by atoms with Crippen LogP contribution in [0.4, 0.5) is 0 Å². The van der Waals surface area contributed by atoms with Gasteiger partial charge in [0.1, 0.15) is 24.8 Å². The van der Waals surface area contributed by atoms with Crippen LogP contribution in [0, 0.1) is 0 Å². The molecule has 0 aliphatic carbocycles. The molecule has 0 saturated carbocycles. The summed E-state index contributed by atoms with van der Waals surface area (Å²) in [5.74, 6) is 3.14. The molecule has 62 heavy (non-hydrogen) atoms.